The Morgan fingerprint density at radius 2 is 1.90 bits per heavy atom. The van der Waals surface area contributed by atoms with E-state index in [0.717, 1.165) is 5.69 Å². The van der Waals surface area contributed by atoms with Gasteiger partial charge < -0.3 is 19.9 Å². The van der Waals surface area contributed by atoms with Gasteiger partial charge in [-0.1, -0.05) is 5.18 Å². The molecule has 0 bridgehead atoms. The van der Waals surface area contributed by atoms with E-state index >= 15 is 0 Å². The largest absolute Gasteiger partial charge is 0.496 e. The Morgan fingerprint density at radius 1 is 1.33 bits per heavy atom. The minimum absolute atomic E-state index is 0.169. The zero-order valence-corrected chi connectivity index (χ0v) is 12.2. The molecule has 0 aliphatic rings. The van der Waals surface area contributed by atoms with Crippen LogP contribution in [0.3, 0.4) is 0 Å². The monoisotopic (exact) mass is 297 g/mol. The number of nitrogens with zero attached hydrogens (tertiary/aromatic N) is 1. The second kappa shape index (κ2) is 8.05. The second-order valence-corrected chi connectivity index (χ2v) is 4.19. The van der Waals surface area contributed by atoms with Gasteiger partial charge in [0.15, 0.2) is 0 Å². The maximum Gasteiger partial charge on any atom is 0.322 e. The first-order chi connectivity index (χ1) is 10.1. The summed E-state index contributed by atoms with van der Waals surface area (Å²) < 4.78 is 10.6. The minimum Gasteiger partial charge on any atom is -0.496 e. The van der Waals surface area contributed by atoms with Crippen LogP contribution in [0.5, 0.6) is 11.5 Å². The van der Waals surface area contributed by atoms with Gasteiger partial charge in [-0.25, -0.2) is 0 Å². The average Bonchev–Trinajstić information content (AvgIpc) is 2.50. The van der Waals surface area contributed by atoms with E-state index in [1.807, 2.05) is 0 Å². The summed E-state index contributed by atoms with van der Waals surface area (Å²) in [5.41, 5.74) is 1.47. The normalized spacial score (nSPS) is 11.6. The highest BCUT2D eigenvalue weighted by Crippen LogP contribution is 2.32. The number of anilines is 1. The number of aliphatic carboxylic acids is 1. The summed E-state index contributed by atoms with van der Waals surface area (Å²) in [4.78, 5) is 21.2. The highest BCUT2D eigenvalue weighted by atomic mass is 16.5. The Hall–Kier alpha value is -2.35. The van der Waals surface area contributed by atoms with E-state index in [4.69, 9.17) is 14.6 Å². The maximum absolute atomic E-state index is 11.0. The average molecular weight is 297 g/mol. The lowest BCUT2D eigenvalue weighted by Crippen LogP contribution is -2.38. The van der Waals surface area contributed by atoms with E-state index < -0.39 is 12.0 Å². The number of carbonyl (C=O) groups is 1. The molecule has 0 heterocycles. The fourth-order valence-corrected chi connectivity index (χ4v) is 1.83. The van der Waals surface area contributed by atoms with Crippen LogP contribution in [0.2, 0.25) is 0 Å². The Morgan fingerprint density at radius 3 is 2.29 bits per heavy atom. The third-order valence-corrected chi connectivity index (χ3v) is 2.98. The predicted octanol–water partition coefficient (Wildman–Crippen LogP) is 1.05. The summed E-state index contributed by atoms with van der Waals surface area (Å²) in [5, 5.41) is 17.3. The lowest BCUT2D eigenvalue weighted by molar-refractivity contribution is -0.139. The minimum atomic E-state index is -1.14. The molecule has 1 aromatic carbocycles. The molecule has 0 spiro atoms. The van der Waals surface area contributed by atoms with Crippen LogP contribution in [-0.2, 0) is 11.3 Å². The summed E-state index contributed by atoms with van der Waals surface area (Å²) in [6.07, 6.45) is 0. The van der Waals surface area contributed by atoms with Crippen molar-refractivity contribution in [3.63, 3.8) is 0 Å². The molecule has 8 nitrogen and oxygen atoms in total. The Labute approximate surface area is 122 Å². The van der Waals surface area contributed by atoms with Crippen LogP contribution in [0.15, 0.2) is 17.3 Å². The number of ether oxygens (including phenoxy) is 2. The number of nitrogens with one attached hydrogen (secondary N) is 2. The molecule has 0 unspecified atom stereocenters. The fraction of sp³-hybridized carbons (Fsp3) is 0.462. The molecule has 0 aliphatic heterocycles. The van der Waals surface area contributed by atoms with Gasteiger partial charge >= 0.3 is 5.97 Å². The van der Waals surface area contributed by atoms with E-state index in [2.05, 4.69) is 15.8 Å². The first-order valence-corrected chi connectivity index (χ1v) is 6.25. The van der Waals surface area contributed by atoms with Gasteiger partial charge in [0.2, 0.25) is 0 Å². The quantitative estimate of drug-likeness (QED) is 0.584. The van der Waals surface area contributed by atoms with Crippen molar-refractivity contribution in [3.8, 4) is 11.5 Å². The van der Waals surface area contributed by atoms with Gasteiger partial charge in [0.25, 0.3) is 0 Å². The van der Waals surface area contributed by atoms with E-state index in [0.29, 0.717) is 17.1 Å². The molecule has 3 N–H and O–H groups in total. The van der Waals surface area contributed by atoms with Crippen molar-refractivity contribution in [2.45, 2.75) is 12.6 Å². The molecule has 0 saturated carbocycles. The maximum atomic E-state index is 11.0. The van der Waals surface area contributed by atoms with Gasteiger partial charge in [-0.3, -0.25) is 10.1 Å². The van der Waals surface area contributed by atoms with Gasteiger partial charge in [-0.05, 0) is 0 Å². The molecule has 0 aliphatic carbocycles. The molecular formula is C13H19N3O5. The highest BCUT2D eigenvalue weighted by molar-refractivity contribution is 5.73. The first-order valence-electron chi connectivity index (χ1n) is 6.25. The number of hydrogen-bond acceptors (Lipinski definition) is 7. The summed E-state index contributed by atoms with van der Waals surface area (Å²) in [6, 6.07) is 2.49. The van der Waals surface area contributed by atoms with Gasteiger partial charge in [0, 0.05) is 31.4 Å². The fourth-order valence-electron chi connectivity index (χ4n) is 1.83. The number of carboxylic acid groups (broad SMARTS) is 1. The zero-order valence-electron chi connectivity index (χ0n) is 12.2. The van der Waals surface area contributed by atoms with Gasteiger partial charge in [-0.2, -0.15) is 4.91 Å². The first kappa shape index (κ1) is 16.7. The van der Waals surface area contributed by atoms with Gasteiger partial charge in [0.05, 0.1) is 19.8 Å². The number of methoxy groups -OCH3 is 2. The van der Waals surface area contributed by atoms with Crippen LogP contribution in [0, 0.1) is 4.91 Å². The SMILES string of the molecule is CNc1cc(OC)c(CN[C@@H](CN=O)C(=O)O)c(OC)c1. The Balaban J connectivity index is 3.00. The van der Waals surface area contributed by atoms with Crippen LogP contribution >= 0.6 is 0 Å². The smallest absolute Gasteiger partial charge is 0.322 e. The molecule has 8 heteroatoms. The number of hydrogen-bond donors (Lipinski definition) is 3. The predicted molar refractivity (Wildman–Crippen MR) is 78.0 cm³/mol. The molecule has 0 saturated heterocycles. The Kier molecular flexibility index (Phi) is 6.41. The summed E-state index contributed by atoms with van der Waals surface area (Å²) in [7, 11) is 4.79. The standard InChI is InChI=1S/C13H19N3O5/c1-14-8-4-11(20-2)9(12(5-8)21-3)6-15-10(7-16-19)13(17)18/h4-5,10,14-15H,6-7H2,1-3H3,(H,17,18)/t10-/m0/s1. The van der Waals surface area contributed by atoms with Crippen molar-refractivity contribution in [1.82, 2.24) is 5.32 Å². The second-order valence-electron chi connectivity index (χ2n) is 4.19. The molecule has 0 aromatic heterocycles. The molecule has 0 amide bonds. The number of nitroso groups, excluding NO2 is 1. The van der Waals surface area contributed by atoms with Crippen molar-refractivity contribution >= 4 is 11.7 Å². The van der Waals surface area contributed by atoms with E-state index in [1.165, 1.54) is 14.2 Å². The third-order valence-electron chi connectivity index (χ3n) is 2.98. The van der Waals surface area contributed by atoms with Crippen LogP contribution in [0.4, 0.5) is 5.69 Å². The topological polar surface area (TPSA) is 109 Å². The van der Waals surface area contributed by atoms with Crippen molar-refractivity contribution in [2.75, 3.05) is 33.1 Å². The van der Waals surface area contributed by atoms with Crippen LogP contribution in [0.25, 0.3) is 0 Å². The Bertz CT molecular complexity index is 482. The van der Waals surface area contributed by atoms with E-state index in [-0.39, 0.29) is 13.1 Å². The molecule has 21 heavy (non-hydrogen) atoms. The molecule has 1 aromatic rings. The van der Waals surface area contributed by atoms with E-state index in [9.17, 15) is 9.70 Å². The van der Waals surface area contributed by atoms with Gasteiger partial charge in [0.1, 0.15) is 24.1 Å². The number of benzene rings is 1. The van der Waals surface area contributed by atoms with Gasteiger partial charge in [-0.15, -0.1) is 0 Å². The molecule has 0 radical (unpaired) electrons. The summed E-state index contributed by atoms with van der Waals surface area (Å²) in [6.45, 7) is -0.183. The lowest BCUT2D eigenvalue weighted by atomic mass is 10.1. The van der Waals surface area contributed by atoms with E-state index in [1.54, 1.807) is 19.2 Å². The highest BCUT2D eigenvalue weighted by Gasteiger charge is 2.19. The zero-order chi connectivity index (χ0) is 15.8. The number of rotatable bonds is 9. The molecule has 0 fully saturated rings. The molecule has 1 rings (SSSR count). The summed E-state index contributed by atoms with van der Waals surface area (Å²) >= 11 is 0. The summed E-state index contributed by atoms with van der Waals surface area (Å²) in [5.74, 6) is -0.0387. The van der Waals surface area contributed by atoms with Crippen molar-refractivity contribution in [2.24, 2.45) is 5.18 Å². The van der Waals surface area contributed by atoms with Crippen LogP contribution < -0.4 is 20.1 Å². The molecular weight excluding hydrogens is 278 g/mol. The lowest BCUT2D eigenvalue weighted by Gasteiger charge is -2.17. The van der Waals surface area contributed by atoms with Crippen molar-refractivity contribution in [1.29, 1.82) is 0 Å². The molecule has 116 valence electrons. The van der Waals surface area contributed by atoms with Crippen LogP contribution in [0.1, 0.15) is 5.56 Å². The number of carboxylic acids is 1. The van der Waals surface area contributed by atoms with Crippen molar-refractivity contribution in [3.05, 3.63) is 22.6 Å². The van der Waals surface area contributed by atoms with Crippen LogP contribution in [-0.4, -0.2) is 44.9 Å². The molecule has 1 atom stereocenters. The van der Waals surface area contributed by atoms with Crippen molar-refractivity contribution < 1.29 is 19.4 Å². The third kappa shape index (κ3) is 4.32.